The highest BCUT2D eigenvalue weighted by atomic mass is 16.2. The molecule has 1 aliphatic rings. The summed E-state index contributed by atoms with van der Waals surface area (Å²) in [5.41, 5.74) is 2.47. The highest BCUT2D eigenvalue weighted by molar-refractivity contribution is 6.10. The molecule has 1 aliphatic heterocycles. The fraction of sp³-hybridized carbons (Fsp3) is 0.174. The van der Waals surface area contributed by atoms with Gasteiger partial charge in [0.1, 0.15) is 0 Å². The summed E-state index contributed by atoms with van der Waals surface area (Å²) >= 11 is 0. The highest BCUT2D eigenvalue weighted by Gasteiger charge is 2.50. The zero-order chi connectivity index (χ0) is 19.6. The topological polar surface area (TPSA) is 62.3 Å². The molecule has 5 nitrogen and oxygen atoms in total. The lowest BCUT2D eigenvalue weighted by molar-refractivity contribution is -0.127. The number of fused-ring (bicyclic) bond motifs is 1. The monoisotopic (exact) mass is 371 g/mol. The summed E-state index contributed by atoms with van der Waals surface area (Å²) in [7, 11) is 1.77. The van der Waals surface area contributed by atoms with Crippen LogP contribution < -0.4 is 10.2 Å². The lowest BCUT2D eigenvalue weighted by Gasteiger charge is -2.28. The van der Waals surface area contributed by atoms with Crippen molar-refractivity contribution < 1.29 is 9.59 Å². The first-order valence-corrected chi connectivity index (χ1v) is 9.22. The molecular weight excluding hydrogens is 350 g/mol. The van der Waals surface area contributed by atoms with Crippen molar-refractivity contribution in [2.45, 2.75) is 18.3 Å². The van der Waals surface area contributed by atoms with Crippen LogP contribution in [0.15, 0.2) is 79.1 Å². The van der Waals surface area contributed by atoms with E-state index < -0.39 is 5.41 Å². The van der Waals surface area contributed by atoms with Gasteiger partial charge >= 0.3 is 0 Å². The Hall–Kier alpha value is -3.47. The van der Waals surface area contributed by atoms with Crippen LogP contribution in [0.4, 0.5) is 11.4 Å². The van der Waals surface area contributed by atoms with Crippen molar-refractivity contribution in [3.05, 3.63) is 90.3 Å². The minimum absolute atomic E-state index is 0.0566. The Balaban J connectivity index is 1.72. The first kappa shape index (κ1) is 17.9. The normalized spacial score (nSPS) is 18.0. The summed E-state index contributed by atoms with van der Waals surface area (Å²) < 4.78 is 0. The predicted octanol–water partition coefficient (Wildman–Crippen LogP) is 3.57. The maximum atomic E-state index is 13.4. The van der Waals surface area contributed by atoms with E-state index >= 15 is 0 Å². The maximum absolute atomic E-state index is 13.4. The standard InChI is InChI=1S/C23H21N3O2/c1-26-20-12-6-5-11-19(20)23(22(26)28,14-17-8-3-2-4-9-17)15-21(27)25-18-10-7-13-24-16-18/h2-13,16H,14-15H2,1H3,(H,25,27). The molecular formula is C23H21N3O2. The summed E-state index contributed by atoms with van der Waals surface area (Å²) in [6, 6.07) is 21.1. The third kappa shape index (κ3) is 3.16. The van der Waals surface area contributed by atoms with Crippen LogP contribution in [0.3, 0.4) is 0 Å². The minimum Gasteiger partial charge on any atom is -0.325 e. The van der Waals surface area contributed by atoms with Crippen LogP contribution in [0.5, 0.6) is 0 Å². The zero-order valence-electron chi connectivity index (χ0n) is 15.6. The van der Waals surface area contributed by atoms with E-state index in [0.717, 1.165) is 16.8 Å². The van der Waals surface area contributed by atoms with E-state index in [1.54, 1.807) is 36.5 Å². The smallest absolute Gasteiger partial charge is 0.238 e. The van der Waals surface area contributed by atoms with Crippen molar-refractivity contribution in [3.8, 4) is 0 Å². The van der Waals surface area contributed by atoms with E-state index in [-0.39, 0.29) is 18.2 Å². The Morgan fingerprint density at radius 1 is 1.04 bits per heavy atom. The molecule has 140 valence electrons. The average molecular weight is 371 g/mol. The van der Waals surface area contributed by atoms with E-state index in [4.69, 9.17) is 0 Å². The first-order valence-electron chi connectivity index (χ1n) is 9.22. The number of carbonyl (C=O) groups excluding carboxylic acids is 2. The van der Waals surface area contributed by atoms with Gasteiger partial charge in [-0.05, 0) is 35.7 Å². The van der Waals surface area contributed by atoms with Crippen LogP contribution in [-0.4, -0.2) is 23.8 Å². The van der Waals surface area contributed by atoms with Crippen molar-refractivity contribution in [2.75, 3.05) is 17.3 Å². The van der Waals surface area contributed by atoms with Gasteiger partial charge in [0, 0.05) is 25.4 Å². The third-order valence-corrected chi connectivity index (χ3v) is 5.25. The zero-order valence-corrected chi connectivity index (χ0v) is 15.6. The first-order chi connectivity index (χ1) is 13.6. The van der Waals surface area contributed by atoms with Gasteiger partial charge in [-0.1, -0.05) is 48.5 Å². The van der Waals surface area contributed by atoms with E-state index in [2.05, 4.69) is 10.3 Å². The molecule has 1 atom stereocenters. The molecule has 0 saturated carbocycles. The molecule has 1 unspecified atom stereocenters. The molecule has 1 N–H and O–H groups in total. The molecule has 2 aromatic carbocycles. The summed E-state index contributed by atoms with van der Waals surface area (Å²) in [6.45, 7) is 0. The number of carbonyl (C=O) groups is 2. The van der Waals surface area contributed by atoms with Gasteiger partial charge in [0.25, 0.3) is 0 Å². The quantitative estimate of drug-likeness (QED) is 0.746. The molecule has 0 radical (unpaired) electrons. The van der Waals surface area contributed by atoms with Gasteiger partial charge in [0.2, 0.25) is 11.8 Å². The minimum atomic E-state index is -0.932. The number of aromatic nitrogens is 1. The van der Waals surface area contributed by atoms with Gasteiger partial charge in [-0.15, -0.1) is 0 Å². The largest absolute Gasteiger partial charge is 0.325 e. The molecule has 0 aliphatic carbocycles. The van der Waals surface area contributed by atoms with Gasteiger partial charge in [-0.25, -0.2) is 0 Å². The van der Waals surface area contributed by atoms with Crippen LogP contribution in [0.25, 0.3) is 0 Å². The summed E-state index contributed by atoms with van der Waals surface area (Å²) in [5, 5.41) is 2.87. The van der Waals surface area contributed by atoms with Gasteiger partial charge in [0.05, 0.1) is 17.3 Å². The second-order valence-corrected chi connectivity index (χ2v) is 7.09. The second kappa shape index (κ2) is 7.27. The van der Waals surface area contributed by atoms with Crippen LogP contribution in [0.2, 0.25) is 0 Å². The van der Waals surface area contributed by atoms with Crippen molar-refractivity contribution in [2.24, 2.45) is 0 Å². The van der Waals surface area contributed by atoms with E-state index in [1.807, 2.05) is 54.6 Å². The number of likely N-dealkylation sites (N-methyl/N-ethyl adjacent to an activating group) is 1. The average Bonchev–Trinajstić information content (AvgIpc) is 2.92. The molecule has 4 rings (SSSR count). The SMILES string of the molecule is CN1C(=O)C(CC(=O)Nc2cccnc2)(Cc2ccccc2)c2ccccc21. The molecule has 0 spiro atoms. The number of pyridine rings is 1. The van der Waals surface area contributed by atoms with Crippen LogP contribution in [0.1, 0.15) is 17.5 Å². The van der Waals surface area contributed by atoms with Crippen LogP contribution >= 0.6 is 0 Å². The molecule has 3 aromatic rings. The van der Waals surface area contributed by atoms with Crippen LogP contribution in [0, 0.1) is 0 Å². The van der Waals surface area contributed by atoms with Crippen LogP contribution in [-0.2, 0) is 21.4 Å². The number of nitrogens with one attached hydrogen (secondary N) is 1. The maximum Gasteiger partial charge on any atom is 0.238 e. The Bertz CT molecular complexity index is 1000. The van der Waals surface area contributed by atoms with Crippen molar-refractivity contribution in [1.29, 1.82) is 0 Å². The summed E-state index contributed by atoms with van der Waals surface area (Å²) in [6.07, 6.45) is 3.78. The lowest BCUT2D eigenvalue weighted by Crippen LogP contribution is -2.43. The van der Waals surface area contributed by atoms with Gasteiger partial charge in [0.15, 0.2) is 0 Å². The second-order valence-electron chi connectivity index (χ2n) is 7.09. The Morgan fingerprint density at radius 2 is 1.79 bits per heavy atom. The number of hydrogen-bond donors (Lipinski definition) is 1. The summed E-state index contributed by atoms with van der Waals surface area (Å²) in [4.78, 5) is 32.0. The molecule has 1 aromatic heterocycles. The predicted molar refractivity (Wildman–Crippen MR) is 109 cm³/mol. The Kier molecular flexibility index (Phi) is 4.65. The molecule has 0 saturated heterocycles. The summed E-state index contributed by atoms with van der Waals surface area (Å²) in [5.74, 6) is -0.263. The Labute approximate surface area is 164 Å². The van der Waals surface area contributed by atoms with Gasteiger partial charge in [-0.3, -0.25) is 14.6 Å². The molecule has 2 amide bonds. The molecule has 2 heterocycles. The Morgan fingerprint density at radius 3 is 2.54 bits per heavy atom. The third-order valence-electron chi connectivity index (χ3n) is 5.25. The molecule has 0 bridgehead atoms. The highest BCUT2D eigenvalue weighted by Crippen LogP contribution is 2.45. The van der Waals surface area contributed by atoms with Crippen molar-refractivity contribution in [1.82, 2.24) is 4.98 Å². The van der Waals surface area contributed by atoms with E-state index in [0.29, 0.717) is 12.1 Å². The fourth-order valence-electron chi connectivity index (χ4n) is 3.98. The van der Waals surface area contributed by atoms with E-state index in [1.165, 1.54) is 0 Å². The van der Waals surface area contributed by atoms with Gasteiger partial charge in [-0.2, -0.15) is 0 Å². The van der Waals surface area contributed by atoms with E-state index in [9.17, 15) is 9.59 Å². The fourth-order valence-corrected chi connectivity index (χ4v) is 3.98. The van der Waals surface area contributed by atoms with Crippen molar-refractivity contribution in [3.63, 3.8) is 0 Å². The van der Waals surface area contributed by atoms with Crippen molar-refractivity contribution >= 4 is 23.2 Å². The molecule has 28 heavy (non-hydrogen) atoms. The molecule has 0 fully saturated rings. The number of anilines is 2. The molecule has 5 heteroatoms. The number of para-hydroxylation sites is 1. The van der Waals surface area contributed by atoms with Gasteiger partial charge < -0.3 is 10.2 Å². The number of amides is 2. The number of nitrogens with zero attached hydrogens (tertiary/aromatic N) is 2. The number of hydrogen-bond acceptors (Lipinski definition) is 3. The lowest BCUT2D eigenvalue weighted by atomic mass is 9.73. The number of rotatable bonds is 5. The number of benzene rings is 2.